The van der Waals surface area contributed by atoms with Crippen LogP contribution in [0.1, 0.15) is 18.9 Å². The van der Waals surface area contributed by atoms with Crippen molar-refractivity contribution in [2.45, 2.75) is 19.9 Å². The molecule has 1 aromatic heterocycles. The Kier molecular flexibility index (Phi) is 8.67. The van der Waals surface area contributed by atoms with Gasteiger partial charge in [-0.05, 0) is 67.5 Å². The van der Waals surface area contributed by atoms with E-state index in [9.17, 15) is 0 Å². The van der Waals surface area contributed by atoms with E-state index in [1.165, 1.54) is 5.56 Å². The molecule has 0 spiro atoms. The van der Waals surface area contributed by atoms with Gasteiger partial charge in [-0.3, -0.25) is 9.88 Å². The van der Waals surface area contributed by atoms with Gasteiger partial charge in [-0.2, -0.15) is 0 Å². The van der Waals surface area contributed by atoms with E-state index in [1.807, 2.05) is 55.7 Å². The maximum atomic E-state index is 5.74. The van der Waals surface area contributed by atoms with Gasteiger partial charge in [0, 0.05) is 50.8 Å². The standard InChI is InChI=1S/C22H30N4O2S/c1-2-28-21-6-4-20(5-7-21)24-22(29)26(18-19-8-10-23-11-9-19)13-3-12-25-14-16-27-17-15-25/h4-11H,2-3,12-18H2,1H3,(H,24,29). The SMILES string of the molecule is CCOc1ccc(NC(=S)N(CCCN2CCOCC2)Cc2ccncc2)cc1. The van der Waals surface area contributed by atoms with Crippen LogP contribution < -0.4 is 10.1 Å². The van der Waals surface area contributed by atoms with Crippen LogP contribution in [0.2, 0.25) is 0 Å². The summed E-state index contributed by atoms with van der Waals surface area (Å²) in [5.41, 5.74) is 2.16. The lowest BCUT2D eigenvalue weighted by molar-refractivity contribution is 0.0368. The van der Waals surface area contributed by atoms with Gasteiger partial charge in [-0.1, -0.05) is 0 Å². The topological polar surface area (TPSA) is 49.9 Å². The molecule has 0 radical (unpaired) electrons. The number of pyridine rings is 1. The van der Waals surface area contributed by atoms with Gasteiger partial charge in [-0.15, -0.1) is 0 Å². The minimum Gasteiger partial charge on any atom is -0.494 e. The number of thiocarbonyl (C=S) groups is 1. The third kappa shape index (κ3) is 7.27. The number of ether oxygens (including phenoxy) is 2. The maximum Gasteiger partial charge on any atom is 0.173 e. The Morgan fingerprint density at radius 2 is 1.90 bits per heavy atom. The fourth-order valence-corrected chi connectivity index (χ4v) is 3.55. The van der Waals surface area contributed by atoms with Crippen molar-refractivity contribution >= 4 is 23.0 Å². The van der Waals surface area contributed by atoms with Crippen LogP contribution in [0.25, 0.3) is 0 Å². The average molecular weight is 415 g/mol. The fourth-order valence-electron chi connectivity index (χ4n) is 3.27. The van der Waals surface area contributed by atoms with Gasteiger partial charge in [0.1, 0.15) is 5.75 Å². The molecule has 2 aromatic rings. The van der Waals surface area contributed by atoms with Crippen LogP contribution in [0.15, 0.2) is 48.8 Å². The summed E-state index contributed by atoms with van der Waals surface area (Å²) in [5, 5.41) is 4.10. The highest BCUT2D eigenvalue weighted by atomic mass is 32.1. The Morgan fingerprint density at radius 1 is 1.17 bits per heavy atom. The molecule has 0 atom stereocenters. The molecule has 1 saturated heterocycles. The lowest BCUT2D eigenvalue weighted by Gasteiger charge is -2.29. The number of hydrogen-bond acceptors (Lipinski definition) is 5. The normalized spacial score (nSPS) is 14.4. The van der Waals surface area contributed by atoms with Crippen molar-refractivity contribution in [1.82, 2.24) is 14.8 Å². The summed E-state index contributed by atoms with van der Waals surface area (Å²) in [6.45, 7) is 9.04. The van der Waals surface area contributed by atoms with Crippen molar-refractivity contribution in [3.8, 4) is 5.75 Å². The zero-order valence-electron chi connectivity index (χ0n) is 17.0. The first-order valence-corrected chi connectivity index (χ1v) is 10.6. The van der Waals surface area contributed by atoms with Crippen molar-refractivity contribution in [3.05, 3.63) is 54.4 Å². The molecule has 1 aliphatic rings. The largest absolute Gasteiger partial charge is 0.494 e. The summed E-state index contributed by atoms with van der Waals surface area (Å²) in [7, 11) is 0. The molecule has 7 heteroatoms. The van der Waals surface area contributed by atoms with Crippen LogP contribution in [-0.2, 0) is 11.3 Å². The van der Waals surface area contributed by atoms with E-state index in [2.05, 4.69) is 20.1 Å². The van der Waals surface area contributed by atoms with Crippen molar-refractivity contribution in [3.63, 3.8) is 0 Å². The van der Waals surface area contributed by atoms with Crippen molar-refractivity contribution < 1.29 is 9.47 Å². The molecule has 0 aliphatic carbocycles. The number of anilines is 1. The second kappa shape index (κ2) is 11.7. The Labute approximate surface area is 178 Å². The van der Waals surface area contributed by atoms with Crippen LogP contribution in [0.3, 0.4) is 0 Å². The van der Waals surface area contributed by atoms with E-state index in [-0.39, 0.29) is 0 Å². The summed E-state index contributed by atoms with van der Waals surface area (Å²) < 4.78 is 10.9. The zero-order chi connectivity index (χ0) is 20.3. The van der Waals surface area contributed by atoms with Crippen LogP contribution in [0.4, 0.5) is 5.69 Å². The number of nitrogens with zero attached hydrogens (tertiary/aromatic N) is 3. The number of hydrogen-bond donors (Lipinski definition) is 1. The van der Waals surface area contributed by atoms with E-state index in [1.54, 1.807) is 0 Å². The zero-order valence-corrected chi connectivity index (χ0v) is 17.9. The molecule has 2 heterocycles. The fraction of sp³-hybridized carbons (Fsp3) is 0.455. The van der Waals surface area contributed by atoms with Gasteiger partial charge in [0.2, 0.25) is 0 Å². The number of benzene rings is 1. The number of aromatic nitrogens is 1. The lowest BCUT2D eigenvalue weighted by atomic mass is 10.2. The van der Waals surface area contributed by atoms with E-state index in [0.29, 0.717) is 6.61 Å². The number of morpholine rings is 1. The molecule has 29 heavy (non-hydrogen) atoms. The molecule has 1 fully saturated rings. The van der Waals surface area contributed by atoms with Crippen LogP contribution in [0.5, 0.6) is 5.75 Å². The van der Waals surface area contributed by atoms with Crippen molar-refractivity contribution in [1.29, 1.82) is 0 Å². The summed E-state index contributed by atoms with van der Waals surface area (Å²) in [4.78, 5) is 8.79. The van der Waals surface area contributed by atoms with Crippen LogP contribution >= 0.6 is 12.2 Å². The van der Waals surface area contributed by atoms with Gasteiger partial charge in [0.15, 0.2) is 5.11 Å². The Bertz CT molecular complexity index is 736. The molecule has 0 unspecified atom stereocenters. The molecule has 1 aromatic carbocycles. The quantitative estimate of drug-likeness (QED) is 0.631. The smallest absolute Gasteiger partial charge is 0.173 e. The van der Waals surface area contributed by atoms with E-state index < -0.39 is 0 Å². The van der Waals surface area contributed by atoms with Gasteiger partial charge < -0.3 is 19.7 Å². The second-order valence-corrected chi connectivity index (χ2v) is 7.36. The first-order valence-electron chi connectivity index (χ1n) is 10.2. The highest BCUT2D eigenvalue weighted by molar-refractivity contribution is 7.80. The molecule has 6 nitrogen and oxygen atoms in total. The van der Waals surface area contributed by atoms with Crippen LogP contribution in [-0.4, -0.2) is 65.9 Å². The monoisotopic (exact) mass is 414 g/mol. The molecule has 156 valence electrons. The molecular weight excluding hydrogens is 384 g/mol. The highest BCUT2D eigenvalue weighted by Gasteiger charge is 2.14. The first-order chi connectivity index (χ1) is 14.2. The van der Waals surface area contributed by atoms with Gasteiger partial charge in [-0.25, -0.2) is 0 Å². The number of nitrogens with one attached hydrogen (secondary N) is 1. The summed E-state index contributed by atoms with van der Waals surface area (Å²) in [6, 6.07) is 12.0. The summed E-state index contributed by atoms with van der Waals surface area (Å²) >= 11 is 5.74. The second-order valence-electron chi connectivity index (χ2n) is 6.97. The Morgan fingerprint density at radius 3 is 2.59 bits per heavy atom. The van der Waals surface area contributed by atoms with E-state index >= 15 is 0 Å². The minimum absolute atomic E-state index is 0.661. The molecule has 0 amide bonds. The maximum absolute atomic E-state index is 5.74. The molecule has 1 N–H and O–H groups in total. The third-order valence-electron chi connectivity index (χ3n) is 4.83. The molecule has 0 saturated carbocycles. The molecule has 0 bridgehead atoms. The van der Waals surface area contributed by atoms with Gasteiger partial charge >= 0.3 is 0 Å². The molecule has 3 rings (SSSR count). The summed E-state index contributed by atoms with van der Waals surface area (Å²) in [6.07, 6.45) is 4.70. The third-order valence-corrected chi connectivity index (χ3v) is 5.19. The lowest BCUT2D eigenvalue weighted by Crippen LogP contribution is -2.40. The van der Waals surface area contributed by atoms with Gasteiger partial charge in [0.25, 0.3) is 0 Å². The summed E-state index contributed by atoms with van der Waals surface area (Å²) in [5.74, 6) is 0.864. The Hall–Kier alpha value is -2.22. The van der Waals surface area contributed by atoms with E-state index in [0.717, 1.165) is 68.9 Å². The van der Waals surface area contributed by atoms with Gasteiger partial charge in [0.05, 0.1) is 19.8 Å². The predicted octanol–water partition coefficient (Wildman–Crippen LogP) is 3.40. The van der Waals surface area contributed by atoms with Crippen molar-refractivity contribution in [2.24, 2.45) is 0 Å². The molecule has 1 aliphatic heterocycles. The molecular formula is C22H30N4O2S. The van der Waals surface area contributed by atoms with E-state index in [4.69, 9.17) is 21.7 Å². The van der Waals surface area contributed by atoms with Crippen molar-refractivity contribution in [2.75, 3.05) is 51.3 Å². The Balaban J connectivity index is 1.58. The number of rotatable bonds is 9. The average Bonchev–Trinajstić information content (AvgIpc) is 2.76. The van der Waals surface area contributed by atoms with Crippen LogP contribution in [0, 0.1) is 0 Å². The predicted molar refractivity (Wildman–Crippen MR) is 120 cm³/mol. The minimum atomic E-state index is 0.661. The first kappa shape index (κ1) is 21.5. The highest BCUT2D eigenvalue weighted by Crippen LogP contribution is 2.17.